The number of rotatable bonds is 4. The molecule has 1 aliphatic heterocycles. The van der Waals surface area contributed by atoms with E-state index in [-0.39, 0.29) is 12.5 Å². The molecule has 0 atom stereocenters. The Hall–Kier alpha value is -2.05. The van der Waals surface area contributed by atoms with Crippen LogP contribution < -0.4 is 15.5 Å². The highest BCUT2D eigenvalue weighted by molar-refractivity contribution is 7.99. The molecule has 6 heteroatoms. The largest absolute Gasteiger partial charge is 0.361 e. The van der Waals surface area contributed by atoms with Crippen LogP contribution in [0.15, 0.2) is 59.5 Å². The number of hydrogen-bond acceptors (Lipinski definition) is 3. The van der Waals surface area contributed by atoms with Gasteiger partial charge in [0.05, 0.1) is 11.4 Å². The first-order valence-corrected chi connectivity index (χ1v) is 8.75. The third kappa shape index (κ3) is 4.03. The Bertz CT molecular complexity index is 706. The van der Waals surface area contributed by atoms with Crippen molar-refractivity contribution in [1.82, 2.24) is 5.32 Å². The Morgan fingerprint density at radius 3 is 2.74 bits per heavy atom. The van der Waals surface area contributed by atoms with Gasteiger partial charge in [-0.1, -0.05) is 30.3 Å². The Balaban J connectivity index is 1.55. The minimum Gasteiger partial charge on any atom is -0.361 e. The molecule has 4 nitrogen and oxygen atoms in total. The molecule has 2 aromatic rings. The lowest BCUT2D eigenvalue weighted by atomic mass is 10.2. The van der Waals surface area contributed by atoms with Crippen molar-refractivity contribution in [3.05, 3.63) is 54.6 Å². The number of amides is 1. The zero-order chi connectivity index (χ0) is 16.1. The second kappa shape index (κ2) is 7.48. The van der Waals surface area contributed by atoms with E-state index in [1.807, 2.05) is 47.4 Å². The summed E-state index contributed by atoms with van der Waals surface area (Å²) in [5.74, 6) is 0.859. The zero-order valence-corrected chi connectivity index (χ0v) is 14.1. The molecule has 0 bridgehead atoms. The molecule has 1 aliphatic rings. The van der Waals surface area contributed by atoms with Crippen LogP contribution in [-0.4, -0.2) is 29.9 Å². The normalized spacial score (nSPS) is 13.2. The predicted molar refractivity (Wildman–Crippen MR) is 100 cm³/mol. The van der Waals surface area contributed by atoms with Crippen LogP contribution in [0.3, 0.4) is 0 Å². The van der Waals surface area contributed by atoms with E-state index in [1.54, 1.807) is 11.8 Å². The summed E-state index contributed by atoms with van der Waals surface area (Å²) in [7, 11) is 0. The van der Waals surface area contributed by atoms with Crippen molar-refractivity contribution in [2.24, 2.45) is 0 Å². The lowest BCUT2D eigenvalue weighted by molar-refractivity contribution is -0.115. The summed E-state index contributed by atoms with van der Waals surface area (Å²) in [6.07, 6.45) is 0. The van der Waals surface area contributed by atoms with E-state index in [0.717, 1.165) is 23.7 Å². The van der Waals surface area contributed by atoms with Gasteiger partial charge in [-0.05, 0) is 36.5 Å². The third-order valence-electron chi connectivity index (χ3n) is 3.41. The molecule has 0 spiro atoms. The van der Waals surface area contributed by atoms with Gasteiger partial charge in [0.25, 0.3) is 0 Å². The summed E-state index contributed by atoms with van der Waals surface area (Å²) < 4.78 is 0. The first kappa shape index (κ1) is 15.8. The molecule has 1 amide bonds. The minimum absolute atomic E-state index is 0.0495. The molecule has 0 aromatic heterocycles. The molecule has 0 unspecified atom stereocenters. The van der Waals surface area contributed by atoms with E-state index in [2.05, 4.69) is 22.8 Å². The summed E-state index contributed by atoms with van der Waals surface area (Å²) in [6, 6.07) is 17.9. The maximum atomic E-state index is 11.8. The summed E-state index contributed by atoms with van der Waals surface area (Å²) in [6.45, 7) is 0.993. The molecule has 3 rings (SSSR count). The predicted octanol–water partition coefficient (Wildman–Crippen LogP) is 3.11. The Labute approximate surface area is 145 Å². The van der Waals surface area contributed by atoms with E-state index in [0.29, 0.717) is 5.11 Å². The Kier molecular flexibility index (Phi) is 5.15. The van der Waals surface area contributed by atoms with Gasteiger partial charge < -0.3 is 15.5 Å². The summed E-state index contributed by atoms with van der Waals surface area (Å²) >= 11 is 7.23. The van der Waals surface area contributed by atoms with Crippen molar-refractivity contribution in [2.45, 2.75) is 4.90 Å². The van der Waals surface area contributed by atoms with E-state index in [1.165, 1.54) is 4.90 Å². The fourth-order valence-electron chi connectivity index (χ4n) is 2.35. The molecular formula is C17H17N3OS2. The number of nitrogens with one attached hydrogen (secondary N) is 2. The van der Waals surface area contributed by atoms with E-state index >= 15 is 0 Å². The minimum atomic E-state index is -0.0495. The van der Waals surface area contributed by atoms with Crippen LogP contribution in [-0.2, 0) is 4.79 Å². The second-order valence-corrected chi connectivity index (χ2v) is 6.60. The molecule has 0 saturated heterocycles. The van der Waals surface area contributed by atoms with Crippen LogP contribution in [0, 0.1) is 0 Å². The van der Waals surface area contributed by atoms with Crippen molar-refractivity contribution in [3.8, 4) is 0 Å². The smallest absolute Gasteiger partial charge is 0.244 e. The molecule has 0 radical (unpaired) electrons. The lowest BCUT2D eigenvalue weighted by Gasteiger charge is -2.31. The van der Waals surface area contributed by atoms with E-state index in [9.17, 15) is 4.79 Å². The van der Waals surface area contributed by atoms with Gasteiger partial charge in [-0.15, -0.1) is 11.8 Å². The second-order valence-electron chi connectivity index (χ2n) is 5.04. The molecule has 0 saturated carbocycles. The SMILES string of the molecule is O=C1CN(C(=S)NCCSc2ccccc2)c2ccccc2N1. The van der Waals surface area contributed by atoms with Crippen molar-refractivity contribution >= 4 is 46.4 Å². The molecule has 0 fully saturated rings. The maximum Gasteiger partial charge on any atom is 0.244 e. The Morgan fingerprint density at radius 2 is 1.91 bits per heavy atom. The summed E-state index contributed by atoms with van der Waals surface area (Å²) in [5, 5.41) is 6.69. The summed E-state index contributed by atoms with van der Waals surface area (Å²) in [5.41, 5.74) is 1.73. The fraction of sp³-hybridized carbons (Fsp3) is 0.176. The molecule has 0 aliphatic carbocycles. The lowest BCUT2D eigenvalue weighted by Crippen LogP contribution is -2.47. The molecular weight excluding hydrogens is 326 g/mol. The van der Waals surface area contributed by atoms with Gasteiger partial charge in [-0.2, -0.15) is 0 Å². The average Bonchev–Trinajstić information content (AvgIpc) is 2.58. The summed E-state index contributed by atoms with van der Waals surface area (Å²) in [4.78, 5) is 14.9. The third-order valence-corrected chi connectivity index (χ3v) is 4.78. The van der Waals surface area contributed by atoms with Crippen LogP contribution in [0.25, 0.3) is 0 Å². The van der Waals surface area contributed by atoms with Crippen LogP contribution in [0.1, 0.15) is 0 Å². The first-order chi connectivity index (χ1) is 11.2. The average molecular weight is 343 g/mol. The molecule has 2 aromatic carbocycles. The molecule has 2 N–H and O–H groups in total. The van der Waals surface area contributed by atoms with Gasteiger partial charge in [-0.25, -0.2) is 0 Å². The van der Waals surface area contributed by atoms with Gasteiger partial charge in [-0.3, -0.25) is 4.79 Å². The number of thiocarbonyl (C=S) groups is 1. The zero-order valence-electron chi connectivity index (χ0n) is 12.5. The molecule has 23 heavy (non-hydrogen) atoms. The fourth-order valence-corrected chi connectivity index (χ4v) is 3.41. The highest BCUT2D eigenvalue weighted by atomic mass is 32.2. The maximum absolute atomic E-state index is 11.8. The number of thioether (sulfide) groups is 1. The van der Waals surface area contributed by atoms with Gasteiger partial charge in [0.2, 0.25) is 5.91 Å². The Morgan fingerprint density at radius 1 is 1.17 bits per heavy atom. The molecule has 118 valence electrons. The first-order valence-electron chi connectivity index (χ1n) is 7.36. The van der Waals surface area contributed by atoms with Crippen LogP contribution >= 0.6 is 24.0 Å². The highest BCUT2D eigenvalue weighted by Crippen LogP contribution is 2.28. The monoisotopic (exact) mass is 343 g/mol. The number of carbonyl (C=O) groups is 1. The highest BCUT2D eigenvalue weighted by Gasteiger charge is 2.24. The van der Waals surface area contributed by atoms with Gasteiger partial charge in [0, 0.05) is 17.2 Å². The van der Waals surface area contributed by atoms with Crippen LogP contribution in [0.4, 0.5) is 11.4 Å². The van der Waals surface area contributed by atoms with Gasteiger partial charge in [0.15, 0.2) is 5.11 Å². The number of benzene rings is 2. The number of carbonyl (C=O) groups excluding carboxylic acids is 1. The number of anilines is 2. The number of nitrogens with zero attached hydrogens (tertiary/aromatic N) is 1. The number of para-hydroxylation sites is 2. The quantitative estimate of drug-likeness (QED) is 0.507. The molecule has 1 heterocycles. The van der Waals surface area contributed by atoms with Crippen molar-refractivity contribution < 1.29 is 4.79 Å². The van der Waals surface area contributed by atoms with E-state index in [4.69, 9.17) is 12.2 Å². The van der Waals surface area contributed by atoms with Crippen molar-refractivity contribution in [3.63, 3.8) is 0 Å². The number of fused-ring (bicyclic) bond motifs is 1. The van der Waals surface area contributed by atoms with E-state index < -0.39 is 0 Å². The van der Waals surface area contributed by atoms with Crippen LogP contribution in [0.2, 0.25) is 0 Å². The van der Waals surface area contributed by atoms with Crippen molar-refractivity contribution in [1.29, 1.82) is 0 Å². The van der Waals surface area contributed by atoms with Crippen LogP contribution in [0.5, 0.6) is 0 Å². The topological polar surface area (TPSA) is 44.4 Å². The van der Waals surface area contributed by atoms with Gasteiger partial charge in [0.1, 0.15) is 6.54 Å². The van der Waals surface area contributed by atoms with Gasteiger partial charge >= 0.3 is 0 Å². The number of hydrogen-bond donors (Lipinski definition) is 2. The van der Waals surface area contributed by atoms with Crippen molar-refractivity contribution in [2.75, 3.05) is 29.1 Å². The standard InChI is InChI=1S/C17H17N3OS2/c21-16-12-20(15-9-5-4-8-14(15)19-16)17(22)18-10-11-23-13-6-2-1-3-7-13/h1-9H,10-12H2,(H,18,22)(H,19,21).